The second-order valence-corrected chi connectivity index (χ2v) is 5.81. The maximum absolute atomic E-state index is 11.7. The summed E-state index contributed by atoms with van der Waals surface area (Å²) < 4.78 is 5.85. The van der Waals surface area contributed by atoms with Crippen LogP contribution in [-0.2, 0) is 4.79 Å². The molecule has 0 bridgehead atoms. The summed E-state index contributed by atoms with van der Waals surface area (Å²) in [6, 6.07) is 0.193. The first-order chi connectivity index (χ1) is 10.0. The Morgan fingerprint density at radius 2 is 2.14 bits per heavy atom. The monoisotopic (exact) mass is 292 g/mol. The van der Waals surface area contributed by atoms with Crippen LogP contribution in [0.25, 0.3) is 0 Å². The van der Waals surface area contributed by atoms with Crippen molar-refractivity contribution in [1.29, 1.82) is 0 Å². The van der Waals surface area contributed by atoms with E-state index in [0.717, 1.165) is 31.6 Å². The van der Waals surface area contributed by atoms with E-state index >= 15 is 0 Å². The maximum atomic E-state index is 11.7. The number of carbonyl (C=O) groups is 1. The van der Waals surface area contributed by atoms with Gasteiger partial charge in [-0.15, -0.1) is 0 Å². The molecule has 1 fully saturated rings. The molecule has 6 heteroatoms. The Kier molecular flexibility index (Phi) is 5.50. The molecule has 0 radical (unpaired) electrons. The zero-order valence-corrected chi connectivity index (χ0v) is 13.0. The molecule has 1 aliphatic heterocycles. The van der Waals surface area contributed by atoms with Gasteiger partial charge in [0.2, 0.25) is 11.8 Å². The number of nitrogens with zero attached hydrogens (tertiary/aromatic N) is 3. The molecule has 1 amide bonds. The largest absolute Gasteiger partial charge is 0.473 e. The van der Waals surface area contributed by atoms with E-state index in [9.17, 15) is 4.79 Å². The van der Waals surface area contributed by atoms with Crippen molar-refractivity contribution in [3.63, 3.8) is 0 Å². The van der Waals surface area contributed by atoms with E-state index in [1.165, 1.54) is 0 Å². The predicted octanol–water partition coefficient (Wildman–Crippen LogP) is 1.15. The normalized spacial score (nSPS) is 17.0. The second kappa shape index (κ2) is 7.36. The summed E-state index contributed by atoms with van der Waals surface area (Å²) in [5.74, 6) is 0.680. The van der Waals surface area contributed by atoms with E-state index in [2.05, 4.69) is 20.2 Å². The van der Waals surface area contributed by atoms with E-state index in [1.54, 1.807) is 12.4 Å². The molecule has 0 aromatic carbocycles. The van der Waals surface area contributed by atoms with Gasteiger partial charge < -0.3 is 10.1 Å². The summed E-state index contributed by atoms with van der Waals surface area (Å²) in [5, 5.41) is 2.92. The van der Waals surface area contributed by atoms with Crippen molar-refractivity contribution < 1.29 is 9.53 Å². The van der Waals surface area contributed by atoms with Gasteiger partial charge in [-0.05, 0) is 33.6 Å². The Bertz CT molecular complexity index is 470. The molecular weight excluding hydrogens is 268 g/mol. The molecule has 1 aliphatic rings. The summed E-state index contributed by atoms with van der Waals surface area (Å²) in [7, 11) is 0. The molecule has 2 rings (SSSR count). The van der Waals surface area contributed by atoms with Crippen molar-refractivity contribution in [2.75, 3.05) is 19.6 Å². The van der Waals surface area contributed by atoms with Crippen LogP contribution in [0.5, 0.6) is 5.88 Å². The van der Waals surface area contributed by atoms with E-state index in [-0.39, 0.29) is 18.1 Å². The highest BCUT2D eigenvalue weighted by molar-refractivity contribution is 5.78. The lowest BCUT2D eigenvalue weighted by Crippen LogP contribution is -2.45. The SMILES string of the molecule is Cc1cncc(OC2CCN(CC(=O)NC(C)C)CC2)n1. The molecule has 116 valence electrons. The lowest BCUT2D eigenvalue weighted by molar-refractivity contribution is -0.123. The minimum absolute atomic E-state index is 0.0916. The van der Waals surface area contributed by atoms with Crippen molar-refractivity contribution in [1.82, 2.24) is 20.2 Å². The minimum atomic E-state index is 0.0916. The third-order valence-electron chi connectivity index (χ3n) is 3.37. The number of ether oxygens (including phenoxy) is 1. The summed E-state index contributed by atoms with van der Waals surface area (Å²) in [6.45, 7) is 8.05. The molecule has 1 saturated heterocycles. The second-order valence-electron chi connectivity index (χ2n) is 5.81. The van der Waals surface area contributed by atoms with Crippen molar-refractivity contribution in [3.8, 4) is 5.88 Å². The van der Waals surface area contributed by atoms with Gasteiger partial charge in [0.05, 0.1) is 18.4 Å². The number of amides is 1. The molecule has 1 aromatic rings. The summed E-state index contributed by atoms with van der Waals surface area (Å²) in [5.41, 5.74) is 0.857. The van der Waals surface area contributed by atoms with E-state index < -0.39 is 0 Å². The van der Waals surface area contributed by atoms with Crippen molar-refractivity contribution >= 4 is 5.91 Å². The van der Waals surface area contributed by atoms with Crippen LogP contribution in [0.3, 0.4) is 0 Å². The smallest absolute Gasteiger partial charge is 0.234 e. The van der Waals surface area contributed by atoms with E-state index in [1.807, 2.05) is 20.8 Å². The van der Waals surface area contributed by atoms with Crippen molar-refractivity contribution in [3.05, 3.63) is 18.1 Å². The average Bonchev–Trinajstić information content (AvgIpc) is 2.40. The first kappa shape index (κ1) is 15.7. The molecule has 6 nitrogen and oxygen atoms in total. The first-order valence-corrected chi connectivity index (χ1v) is 7.50. The van der Waals surface area contributed by atoms with Gasteiger partial charge >= 0.3 is 0 Å². The van der Waals surface area contributed by atoms with Gasteiger partial charge in [0, 0.05) is 25.3 Å². The highest BCUT2D eigenvalue weighted by Gasteiger charge is 2.22. The van der Waals surface area contributed by atoms with Gasteiger partial charge in [-0.25, -0.2) is 4.98 Å². The topological polar surface area (TPSA) is 67.3 Å². The highest BCUT2D eigenvalue weighted by Crippen LogP contribution is 2.16. The highest BCUT2D eigenvalue weighted by atomic mass is 16.5. The van der Waals surface area contributed by atoms with Gasteiger partial charge in [-0.1, -0.05) is 0 Å². The van der Waals surface area contributed by atoms with Crippen molar-refractivity contribution in [2.45, 2.75) is 45.8 Å². The number of carbonyl (C=O) groups excluding carboxylic acids is 1. The number of hydrogen-bond acceptors (Lipinski definition) is 5. The van der Waals surface area contributed by atoms with Gasteiger partial charge in [0.25, 0.3) is 0 Å². The van der Waals surface area contributed by atoms with Crippen LogP contribution in [0.2, 0.25) is 0 Å². The molecule has 0 atom stereocenters. The summed E-state index contributed by atoms with van der Waals surface area (Å²) in [6.07, 6.45) is 5.33. The standard InChI is InChI=1S/C15H24N4O2/c1-11(2)17-14(20)10-19-6-4-13(5-7-19)21-15-9-16-8-12(3)18-15/h8-9,11,13H,4-7,10H2,1-3H3,(H,17,20). The molecular formula is C15H24N4O2. The molecule has 1 aromatic heterocycles. The Labute approximate surface area is 125 Å². The molecule has 0 aliphatic carbocycles. The zero-order chi connectivity index (χ0) is 15.2. The Balaban J connectivity index is 1.74. The van der Waals surface area contributed by atoms with Gasteiger partial charge in [-0.2, -0.15) is 0 Å². The van der Waals surface area contributed by atoms with Crippen LogP contribution in [0, 0.1) is 6.92 Å². The van der Waals surface area contributed by atoms with Gasteiger partial charge in [-0.3, -0.25) is 14.7 Å². The van der Waals surface area contributed by atoms with Gasteiger partial charge in [0.1, 0.15) is 6.10 Å². The molecule has 0 spiro atoms. The molecule has 2 heterocycles. The maximum Gasteiger partial charge on any atom is 0.234 e. The predicted molar refractivity (Wildman–Crippen MR) is 80.1 cm³/mol. The third-order valence-corrected chi connectivity index (χ3v) is 3.37. The number of nitrogens with one attached hydrogen (secondary N) is 1. The van der Waals surface area contributed by atoms with Crippen LogP contribution in [0.4, 0.5) is 0 Å². The number of rotatable bonds is 5. The quantitative estimate of drug-likeness (QED) is 0.882. The van der Waals surface area contributed by atoms with Crippen molar-refractivity contribution in [2.24, 2.45) is 0 Å². The fraction of sp³-hybridized carbons (Fsp3) is 0.667. The minimum Gasteiger partial charge on any atom is -0.473 e. The van der Waals surface area contributed by atoms with Crippen LogP contribution in [0.1, 0.15) is 32.4 Å². The number of aromatic nitrogens is 2. The summed E-state index contributed by atoms with van der Waals surface area (Å²) >= 11 is 0. The van der Waals surface area contributed by atoms with E-state index in [4.69, 9.17) is 4.74 Å². The lowest BCUT2D eigenvalue weighted by Gasteiger charge is -2.31. The molecule has 0 saturated carbocycles. The van der Waals surface area contributed by atoms with Gasteiger partial charge in [0.15, 0.2) is 0 Å². The fourth-order valence-electron chi connectivity index (χ4n) is 2.42. The van der Waals surface area contributed by atoms with Crippen LogP contribution in [0.15, 0.2) is 12.4 Å². The van der Waals surface area contributed by atoms with Crippen LogP contribution < -0.4 is 10.1 Å². The van der Waals surface area contributed by atoms with E-state index in [0.29, 0.717) is 12.4 Å². The number of piperidine rings is 1. The fourth-order valence-corrected chi connectivity index (χ4v) is 2.42. The number of aryl methyl sites for hydroxylation is 1. The number of hydrogen-bond donors (Lipinski definition) is 1. The molecule has 0 unspecified atom stereocenters. The lowest BCUT2D eigenvalue weighted by atomic mass is 10.1. The molecule has 1 N–H and O–H groups in total. The first-order valence-electron chi connectivity index (χ1n) is 7.50. The Morgan fingerprint density at radius 3 is 2.76 bits per heavy atom. The third kappa shape index (κ3) is 5.30. The van der Waals surface area contributed by atoms with Crippen LogP contribution >= 0.6 is 0 Å². The Morgan fingerprint density at radius 1 is 1.43 bits per heavy atom. The molecule has 21 heavy (non-hydrogen) atoms. The zero-order valence-electron chi connectivity index (χ0n) is 13.0. The number of likely N-dealkylation sites (tertiary alicyclic amines) is 1. The average molecular weight is 292 g/mol. The van der Waals surface area contributed by atoms with Crippen LogP contribution in [-0.4, -0.2) is 52.6 Å². The summed E-state index contributed by atoms with van der Waals surface area (Å²) in [4.78, 5) is 22.3. The Hall–Kier alpha value is -1.69.